The molecule has 0 spiro atoms. The Labute approximate surface area is 83.2 Å². The summed E-state index contributed by atoms with van der Waals surface area (Å²) in [6.07, 6.45) is 0. The van der Waals surface area contributed by atoms with Gasteiger partial charge in [-0.15, -0.1) is 0 Å². The lowest BCUT2D eigenvalue weighted by Gasteiger charge is -1.98. The Bertz CT molecular complexity index is 293. The van der Waals surface area contributed by atoms with E-state index in [9.17, 15) is 4.79 Å². The van der Waals surface area contributed by atoms with Crippen LogP contribution in [0.5, 0.6) is 0 Å². The summed E-state index contributed by atoms with van der Waals surface area (Å²) in [5, 5.41) is 3.10. The Balaban J connectivity index is 2.54. The number of esters is 1. The average molecular weight is 197 g/mol. The maximum absolute atomic E-state index is 11.2. The van der Waals surface area contributed by atoms with E-state index in [0.717, 1.165) is 12.3 Å². The third-order valence-corrected chi connectivity index (χ3v) is 1.69. The molecule has 4 heteroatoms. The molecule has 0 aromatic carbocycles. The Hall–Kier alpha value is -1.29. The Morgan fingerprint density at radius 1 is 1.50 bits per heavy atom. The molecule has 1 N–H and O–H groups in total. The van der Waals surface area contributed by atoms with Crippen molar-refractivity contribution in [2.45, 2.75) is 20.4 Å². The van der Waals surface area contributed by atoms with Gasteiger partial charge in [0.2, 0.25) is 5.76 Å². The molecule has 0 saturated heterocycles. The molecule has 0 aliphatic rings. The lowest BCUT2D eigenvalue weighted by Crippen LogP contribution is -2.11. The van der Waals surface area contributed by atoms with Gasteiger partial charge >= 0.3 is 5.97 Å². The average Bonchev–Trinajstić information content (AvgIpc) is 2.63. The number of nitrogens with one attached hydrogen (secondary N) is 1. The molecule has 0 unspecified atom stereocenters. The summed E-state index contributed by atoms with van der Waals surface area (Å²) in [7, 11) is 0. The first-order chi connectivity index (χ1) is 6.77. The second-order valence-corrected chi connectivity index (χ2v) is 2.77. The molecule has 0 bridgehead atoms. The third kappa shape index (κ3) is 2.88. The van der Waals surface area contributed by atoms with Crippen molar-refractivity contribution in [2.75, 3.05) is 13.2 Å². The fourth-order valence-electron chi connectivity index (χ4n) is 1.03. The van der Waals surface area contributed by atoms with Crippen LogP contribution in [0.3, 0.4) is 0 Å². The summed E-state index contributed by atoms with van der Waals surface area (Å²) in [6.45, 7) is 5.64. The molecule has 0 radical (unpaired) electrons. The molecule has 1 aromatic rings. The lowest BCUT2D eigenvalue weighted by molar-refractivity contribution is 0.0488. The van der Waals surface area contributed by atoms with E-state index in [1.54, 1.807) is 19.1 Å². The lowest BCUT2D eigenvalue weighted by atomic mass is 10.4. The number of rotatable bonds is 5. The van der Waals surface area contributed by atoms with Gasteiger partial charge in [0.05, 0.1) is 13.2 Å². The van der Waals surface area contributed by atoms with Crippen LogP contribution in [0.4, 0.5) is 0 Å². The van der Waals surface area contributed by atoms with Crippen LogP contribution in [0.2, 0.25) is 0 Å². The first kappa shape index (κ1) is 10.8. The van der Waals surface area contributed by atoms with Crippen molar-refractivity contribution >= 4 is 5.97 Å². The molecule has 1 heterocycles. The van der Waals surface area contributed by atoms with Crippen LogP contribution in [0, 0.1) is 0 Å². The van der Waals surface area contributed by atoms with Gasteiger partial charge in [-0.3, -0.25) is 0 Å². The second kappa shape index (κ2) is 5.44. The Morgan fingerprint density at radius 2 is 2.29 bits per heavy atom. The first-order valence-corrected chi connectivity index (χ1v) is 4.74. The zero-order chi connectivity index (χ0) is 10.4. The first-order valence-electron chi connectivity index (χ1n) is 4.74. The number of carbonyl (C=O) groups excluding carboxylic acids is 1. The van der Waals surface area contributed by atoms with Crippen LogP contribution in [0.25, 0.3) is 0 Å². The smallest absolute Gasteiger partial charge is 0.374 e. The highest BCUT2D eigenvalue weighted by Gasteiger charge is 2.11. The quantitative estimate of drug-likeness (QED) is 0.728. The molecular formula is C10H15NO3. The molecule has 78 valence electrons. The zero-order valence-electron chi connectivity index (χ0n) is 8.50. The highest BCUT2D eigenvalue weighted by molar-refractivity contribution is 5.86. The van der Waals surface area contributed by atoms with E-state index in [1.165, 1.54) is 0 Å². The van der Waals surface area contributed by atoms with Crippen LogP contribution in [0.1, 0.15) is 30.2 Å². The molecule has 0 amide bonds. The summed E-state index contributed by atoms with van der Waals surface area (Å²) in [5.41, 5.74) is 0. The minimum Gasteiger partial charge on any atom is -0.460 e. The van der Waals surface area contributed by atoms with Crippen molar-refractivity contribution in [1.82, 2.24) is 5.32 Å². The van der Waals surface area contributed by atoms with Crippen LogP contribution in [0.15, 0.2) is 16.5 Å². The molecule has 14 heavy (non-hydrogen) atoms. The van der Waals surface area contributed by atoms with Gasteiger partial charge in [0.15, 0.2) is 0 Å². The summed E-state index contributed by atoms with van der Waals surface area (Å²) < 4.78 is 10.1. The van der Waals surface area contributed by atoms with Crippen molar-refractivity contribution in [3.05, 3.63) is 23.7 Å². The molecule has 0 saturated carbocycles. The third-order valence-electron chi connectivity index (χ3n) is 1.69. The molecule has 0 aliphatic heterocycles. The fraction of sp³-hybridized carbons (Fsp3) is 0.500. The van der Waals surface area contributed by atoms with Gasteiger partial charge in [-0.05, 0) is 25.6 Å². The van der Waals surface area contributed by atoms with Gasteiger partial charge in [-0.2, -0.15) is 0 Å². The number of furan rings is 1. The molecule has 0 fully saturated rings. The van der Waals surface area contributed by atoms with E-state index >= 15 is 0 Å². The minimum atomic E-state index is -0.407. The highest BCUT2D eigenvalue weighted by Crippen LogP contribution is 2.08. The van der Waals surface area contributed by atoms with E-state index < -0.39 is 5.97 Å². The van der Waals surface area contributed by atoms with Gasteiger partial charge in [-0.1, -0.05) is 6.92 Å². The fourth-order valence-corrected chi connectivity index (χ4v) is 1.03. The number of hydrogen-bond donors (Lipinski definition) is 1. The normalized spacial score (nSPS) is 10.1. The van der Waals surface area contributed by atoms with Crippen molar-refractivity contribution in [1.29, 1.82) is 0 Å². The monoisotopic (exact) mass is 197 g/mol. The predicted octanol–water partition coefficient (Wildman–Crippen LogP) is 1.57. The highest BCUT2D eigenvalue weighted by atomic mass is 16.5. The maximum atomic E-state index is 11.2. The van der Waals surface area contributed by atoms with Gasteiger partial charge in [0.1, 0.15) is 5.76 Å². The van der Waals surface area contributed by atoms with E-state index in [2.05, 4.69) is 5.32 Å². The van der Waals surface area contributed by atoms with Crippen molar-refractivity contribution < 1.29 is 13.9 Å². The molecular weight excluding hydrogens is 182 g/mol. The maximum Gasteiger partial charge on any atom is 0.374 e. The van der Waals surface area contributed by atoms with Gasteiger partial charge in [0, 0.05) is 0 Å². The molecule has 0 aliphatic carbocycles. The standard InChI is InChI=1S/C10H15NO3/c1-3-11-7-8-5-6-9(14-8)10(12)13-4-2/h5-6,11H,3-4,7H2,1-2H3. The van der Waals surface area contributed by atoms with E-state index in [0.29, 0.717) is 13.2 Å². The SMILES string of the molecule is CCNCc1ccc(C(=O)OCC)o1. The Morgan fingerprint density at radius 3 is 2.93 bits per heavy atom. The number of hydrogen-bond acceptors (Lipinski definition) is 4. The molecule has 0 atom stereocenters. The van der Waals surface area contributed by atoms with Crippen LogP contribution in [-0.4, -0.2) is 19.1 Å². The van der Waals surface area contributed by atoms with Crippen molar-refractivity contribution in [3.8, 4) is 0 Å². The van der Waals surface area contributed by atoms with Crippen LogP contribution in [-0.2, 0) is 11.3 Å². The van der Waals surface area contributed by atoms with Gasteiger partial charge in [-0.25, -0.2) is 4.79 Å². The second-order valence-electron chi connectivity index (χ2n) is 2.77. The van der Waals surface area contributed by atoms with Crippen LogP contribution >= 0.6 is 0 Å². The summed E-state index contributed by atoms with van der Waals surface area (Å²) in [6, 6.07) is 3.40. The van der Waals surface area contributed by atoms with E-state index in [1.807, 2.05) is 6.92 Å². The van der Waals surface area contributed by atoms with Gasteiger partial charge < -0.3 is 14.5 Å². The van der Waals surface area contributed by atoms with Crippen molar-refractivity contribution in [3.63, 3.8) is 0 Å². The molecule has 1 aromatic heterocycles. The van der Waals surface area contributed by atoms with E-state index in [-0.39, 0.29) is 5.76 Å². The molecule has 1 rings (SSSR count). The van der Waals surface area contributed by atoms with Crippen LogP contribution < -0.4 is 5.32 Å². The van der Waals surface area contributed by atoms with Gasteiger partial charge in [0.25, 0.3) is 0 Å². The van der Waals surface area contributed by atoms with E-state index in [4.69, 9.17) is 9.15 Å². The largest absolute Gasteiger partial charge is 0.460 e. The Kier molecular flexibility index (Phi) is 4.19. The summed E-state index contributed by atoms with van der Waals surface area (Å²) in [5.74, 6) is 0.602. The summed E-state index contributed by atoms with van der Waals surface area (Å²) in [4.78, 5) is 11.2. The molecule has 4 nitrogen and oxygen atoms in total. The minimum absolute atomic E-state index is 0.264. The summed E-state index contributed by atoms with van der Waals surface area (Å²) >= 11 is 0. The topological polar surface area (TPSA) is 51.5 Å². The zero-order valence-corrected chi connectivity index (χ0v) is 8.50. The number of ether oxygens (including phenoxy) is 1. The number of carbonyl (C=O) groups is 1. The predicted molar refractivity (Wildman–Crippen MR) is 52.0 cm³/mol. The van der Waals surface area contributed by atoms with Crippen molar-refractivity contribution in [2.24, 2.45) is 0 Å².